The molecule has 212 valence electrons. The maximum Gasteiger partial charge on any atom is 0.391 e. The minimum absolute atomic E-state index is 0.0525. The van der Waals surface area contributed by atoms with Crippen molar-refractivity contribution in [3.05, 3.63) is 35.4 Å². The van der Waals surface area contributed by atoms with Crippen LogP contribution in [0.1, 0.15) is 73.2 Å². The van der Waals surface area contributed by atoms with Gasteiger partial charge in [0.25, 0.3) is 0 Å². The maximum atomic E-state index is 13.1. The molecule has 4 rings (SSSR count). The molecule has 3 fully saturated rings. The van der Waals surface area contributed by atoms with E-state index in [2.05, 4.69) is 4.90 Å². The predicted octanol–water partition coefficient (Wildman–Crippen LogP) is 3.74. The number of piperidine rings is 1. The second-order valence-corrected chi connectivity index (χ2v) is 13.6. The van der Waals surface area contributed by atoms with E-state index in [0.29, 0.717) is 56.0 Å². The number of carbonyl (C=O) groups is 2. The summed E-state index contributed by atoms with van der Waals surface area (Å²) in [6, 6.07) is 8.13. The van der Waals surface area contributed by atoms with E-state index in [1.165, 1.54) is 0 Å². The summed E-state index contributed by atoms with van der Waals surface area (Å²) in [5, 5.41) is 0. The van der Waals surface area contributed by atoms with Crippen molar-refractivity contribution in [3.63, 3.8) is 0 Å². The van der Waals surface area contributed by atoms with E-state index in [9.17, 15) is 31.2 Å². The van der Waals surface area contributed by atoms with Gasteiger partial charge in [0.05, 0.1) is 5.92 Å². The molecule has 11 heteroatoms. The van der Waals surface area contributed by atoms with Crippen molar-refractivity contribution in [2.24, 2.45) is 17.6 Å². The van der Waals surface area contributed by atoms with Crippen molar-refractivity contribution in [3.8, 4) is 0 Å². The van der Waals surface area contributed by atoms with Gasteiger partial charge in [0.2, 0.25) is 11.8 Å². The average molecular weight is 558 g/mol. The fourth-order valence-electron chi connectivity index (χ4n) is 6.71. The van der Waals surface area contributed by atoms with E-state index in [1.807, 2.05) is 18.2 Å². The monoisotopic (exact) mass is 557 g/mol. The van der Waals surface area contributed by atoms with Crippen LogP contribution in [-0.2, 0) is 14.6 Å². The summed E-state index contributed by atoms with van der Waals surface area (Å²) in [5.41, 5.74) is 7.07. The largest absolute Gasteiger partial charge is 0.391 e. The SMILES string of the molecule is CS(=O)(=O)CC(=O)N(CCN1C2CCC1CC(c1cccc(C(N)=O)c1)C2)CC1CCC(C(F)(F)F)CC1. The van der Waals surface area contributed by atoms with Crippen LogP contribution in [0.4, 0.5) is 13.2 Å². The van der Waals surface area contributed by atoms with Gasteiger partial charge in [-0.25, -0.2) is 8.42 Å². The first-order valence-corrected chi connectivity index (χ1v) is 15.5. The number of sulfone groups is 1. The Morgan fingerprint density at radius 2 is 1.68 bits per heavy atom. The predicted molar refractivity (Wildman–Crippen MR) is 138 cm³/mol. The number of halogens is 3. The maximum absolute atomic E-state index is 13.1. The summed E-state index contributed by atoms with van der Waals surface area (Å²) in [6.07, 6.45) is 1.63. The zero-order chi connectivity index (χ0) is 27.7. The molecular formula is C27H38F3N3O4S. The molecule has 0 aromatic heterocycles. The Morgan fingerprint density at radius 3 is 2.24 bits per heavy atom. The van der Waals surface area contributed by atoms with Gasteiger partial charge in [-0.2, -0.15) is 13.2 Å². The number of primary amides is 1. The van der Waals surface area contributed by atoms with E-state index in [4.69, 9.17) is 5.73 Å². The first-order valence-electron chi connectivity index (χ1n) is 13.5. The first-order chi connectivity index (χ1) is 17.8. The molecule has 2 bridgehead atoms. The molecule has 2 saturated heterocycles. The number of hydrogen-bond donors (Lipinski definition) is 1. The Kier molecular flexibility index (Phi) is 8.76. The zero-order valence-corrected chi connectivity index (χ0v) is 22.6. The van der Waals surface area contributed by atoms with Crippen molar-refractivity contribution in [1.29, 1.82) is 0 Å². The molecule has 0 spiro atoms. The number of fused-ring (bicyclic) bond motifs is 2. The quantitative estimate of drug-likeness (QED) is 0.499. The van der Waals surface area contributed by atoms with Crippen LogP contribution in [0.3, 0.4) is 0 Å². The number of alkyl halides is 3. The van der Waals surface area contributed by atoms with Gasteiger partial charge in [0.1, 0.15) is 5.75 Å². The number of nitrogens with zero attached hydrogens (tertiary/aromatic N) is 2. The molecular weight excluding hydrogens is 519 g/mol. The van der Waals surface area contributed by atoms with Gasteiger partial charge in [0, 0.05) is 43.5 Å². The summed E-state index contributed by atoms with van der Waals surface area (Å²) in [7, 11) is -3.52. The summed E-state index contributed by atoms with van der Waals surface area (Å²) in [6.45, 7) is 1.27. The van der Waals surface area contributed by atoms with Gasteiger partial charge in [-0.05, 0) is 80.9 Å². The topological polar surface area (TPSA) is 101 Å². The van der Waals surface area contributed by atoms with Gasteiger partial charge in [-0.3, -0.25) is 14.5 Å². The van der Waals surface area contributed by atoms with Crippen LogP contribution in [0.15, 0.2) is 24.3 Å². The number of hydrogen-bond acceptors (Lipinski definition) is 5. The first kappa shape index (κ1) is 28.9. The summed E-state index contributed by atoms with van der Waals surface area (Å²) >= 11 is 0. The highest BCUT2D eigenvalue weighted by Gasteiger charge is 2.43. The highest BCUT2D eigenvalue weighted by Crippen LogP contribution is 2.43. The number of benzene rings is 1. The summed E-state index contributed by atoms with van der Waals surface area (Å²) in [5.74, 6) is -2.55. The van der Waals surface area contributed by atoms with Crippen LogP contribution < -0.4 is 5.73 Å². The van der Waals surface area contributed by atoms with Gasteiger partial charge >= 0.3 is 6.18 Å². The van der Waals surface area contributed by atoms with Crippen LogP contribution in [0.25, 0.3) is 0 Å². The Bertz CT molecular complexity index is 1100. The van der Waals surface area contributed by atoms with Crippen molar-refractivity contribution in [2.45, 2.75) is 75.5 Å². The highest BCUT2D eigenvalue weighted by atomic mass is 32.2. The lowest BCUT2D eigenvalue weighted by atomic mass is 9.81. The minimum atomic E-state index is -4.19. The third kappa shape index (κ3) is 7.28. The van der Waals surface area contributed by atoms with Crippen LogP contribution in [0.5, 0.6) is 0 Å². The van der Waals surface area contributed by atoms with Gasteiger partial charge < -0.3 is 10.6 Å². The van der Waals surface area contributed by atoms with Crippen LogP contribution >= 0.6 is 0 Å². The fraction of sp³-hybridized carbons (Fsp3) is 0.704. The van der Waals surface area contributed by atoms with E-state index in [1.54, 1.807) is 11.0 Å². The molecule has 0 radical (unpaired) electrons. The number of amides is 2. The Hall–Kier alpha value is -2.14. The van der Waals surface area contributed by atoms with Crippen molar-refractivity contribution in [2.75, 3.05) is 31.6 Å². The molecule has 2 atom stereocenters. The van der Waals surface area contributed by atoms with Gasteiger partial charge in [-0.1, -0.05) is 12.1 Å². The van der Waals surface area contributed by atoms with E-state index in [-0.39, 0.29) is 18.8 Å². The molecule has 2 amide bonds. The van der Waals surface area contributed by atoms with Gasteiger partial charge in [-0.15, -0.1) is 0 Å². The average Bonchev–Trinajstić information content (AvgIpc) is 3.06. The standard InChI is InChI=1S/C27H38F3N3O4S/c1-38(36,37)17-25(34)32(16-18-5-7-22(8-6-18)27(28,29)30)11-12-33-23-9-10-24(33)15-21(14-23)19-3-2-4-20(13-19)26(31)35/h2-4,13,18,21-24H,5-12,14-17H2,1H3,(H2,31,35). The molecule has 3 aliphatic rings. The number of carbonyl (C=O) groups excluding carboxylic acids is 2. The Morgan fingerprint density at radius 1 is 1.05 bits per heavy atom. The van der Waals surface area contributed by atoms with E-state index >= 15 is 0 Å². The molecule has 2 heterocycles. The van der Waals surface area contributed by atoms with Crippen molar-refractivity contribution >= 4 is 21.7 Å². The smallest absolute Gasteiger partial charge is 0.366 e. The molecule has 2 aliphatic heterocycles. The summed E-state index contributed by atoms with van der Waals surface area (Å²) < 4.78 is 62.9. The molecule has 1 aromatic rings. The van der Waals surface area contributed by atoms with E-state index in [0.717, 1.165) is 37.5 Å². The molecule has 2 unspecified atom stereocenters. The Labute approximate surface area is 222 Å². The van der Waals surface area contributed by atoms with E-state index < -0.39 is 39.5 Å². The lowest BCUT2D eigenvalue weighted by Gasteiger charge is -2.41. The highest BCUT2D eigenvalue weighted by molar-refractivity contribution is 7.91. The molecule has 2 N–H and O–H groups in total. The molecule has 1 aliphatic carbocycles. The molecule has 1 aromatic carbocycles. The second-order valence-electron chi connectivity index (χ2n) is 11.4. The van der Waals surface area contributed by atoms with Crippen molar-refractivity contribution < 1.29 is 31.2 Å². The number of rotatable bonds is 9. The lowest BCUT2D eigenvalue weighted by Crippen LogP contribution is -2.48. The molecule has 38 heavy (non-hydrogen) atoms. The van der Waals surface area contributed by atoms with Crippen LogP contribution in [0, 0.1) is 11.8 Å². The third-order valence-corrected chi connectivity index (χ3v) is 9.45. The Balaban J connectivity index is 1.38. The van der Waals surface area contributed by atoms with Gasteiger partial charge in [0.15, 0.2) is 9.84 Å². The summed E-state index contributed by atoms with van der Waals surface area (Å²) in [4.78, 5) is 28.5. The third-order valence-electron chi connectivity index (χ3n) is 8.68. The van der Waals surface area contributed by atoms with Crippen LogP contribution in [0.2, 0.25) is 0 Å². The zero-order valence-electron chi connectivity index (χ0n) is 21.8. The normalized spacial score (nSPS) is 28.3. The van der Waals surface area contributed by atoms with Crippen LogP contribution in [-0.4, -0.2) is 79.9 Å². The minimum Gasteiger partial charge on any atom is -0.366 e. The van der Waals surface area contributed by atoms with Crippen molar-refractivity contribution in [1.82, 2.24) is 9.80 Å². The lowest BCUT2D eigenvalue weighted by molar-refractivity contribution is -0.184. The molecule has 7 nitrogen and oxygen atoms in total. The number of nitrogens with two attached hydrogens (primary N) is 1. The second kappa shape index (κ2) is 11.5. The fourth-order valence-corrected chi connectivity index (χ4v) is 7.34. The molecule has 1 saturated carbocycles.